The van der Waals surface area contributed by atoms with Gasteiger partial charge in [0.1, 0.15) is 22.8 Å². The molecule has 1 unspecified atom stereocenters. The summed E-state index contributed by atoms with van der Waals surface area (Å²) in [5.41, 5.74) is 0.116. The summed E-state index contributed by atoms with van der Waals surface area (Å²) in [6, 6.07) is 10.6. The Kier molecular flexibility index (Phi) is 5.15. The minimum absolute atomic E-state index is 0.0408. The monoisotopic (exact) mass is 374 g/mol. The fourth-order valence-corrected chi connectivity index (χ4v) is 2.91. The van der Waals surface area contributed by atoms with Crippen molar-refractivity contribution in [3.05, 3.63) is 64.8 Å². The first-order valence-corrected chi connectivity index (χ1v) is 8.49. The van der Waals surface area contributed by atoms with Gasteiger partial charge in [0, 0.05) is 18.5 Å². The van der Waals surface area contributed by atoms with Gasteiger partial charge in [0.25, 0.3) is 5.91 Å². The van der Waals surface area contributed by atoms with Crippen molar-refractivity contribution in [3.8, 4) is 11.3 Å². The SMILES string of the molecule is Cc1onc(-c2ccccc2Cl)c1C(=O)NCC(C)(O)Cc1ccco1. The highest BCUT2D eigenvalue weighted by Gasteiger charge is 2.27. The van der Waals surface area contributed by atoms with Crippen molar-refractivity contribution in [2.75, 3.05) is 6.54 Å². The van der Waals surface area contributed by atoms with Gasteiger partial charge in [-0.1, -0.05) is 35.0 Å². The Balaban J connectivity index is 1.76. The number of furan rings is 1. The number of hydrogen-bond acceptors (Lipinski definition) is 5. The van der Waals surface area contributed by atoms with Crippen molar-refractivity contribution in [1.82, 2.24) is 10.5 Å². The Morgan fingerprint density at radius 1 is 1.31 bits per heavy atom. The number of carbonyl (C=O) groups excluding carboxylic acids is 1. The third kappa shape index (κ3) is 3.98. The predicted octanol–water partition coefficient (Wildman–Crippen LogP) is 3.62. The maximum absolute atomic E-state index is 12.7. The number of nitrogens with one attached hydrogen (secondary N) is 1. The molecule has 0 aliphatic carbocycles. The Hall–Kier alpha value is -2.57. The van der Waals surface area contributed by atoms with Gasteiger partial charge < -0.3 is 19.4 Å². The van der Waals surface area contributed by atoms with Crippen LogP contribution >= 0.6 is 11.6 Å². The standard InChI is InChI=1S/C19H19ClN2O4/c1-12-16(17(22-26-12)14-7-3-4-8-15(14)20)18(23)21-11-19(2,24)10-13-6-5-9-25-13/h3-9,24H,10-11H2,1-2H3,(H,21,23). The highest BCUT2D eigenvalue weighted by atomic mass is 35.5. The maximum Gasteiger partial charge on any atom is 0.257 e. The molecule has 3 aromatic rings. The molecule has 2 N–H and O–H groups in total. The van der Waals surface area contributed by atoms with Crippen LogP contribution in [0.5, 0.6) is 0 Å². The van der Waals surface area contributed by atoms with Gasteiger partial charge in [-0.2, -0.15) is 0 Å². The van der Waals surface area contributed by atoms with Gasteiger partial charge in [-0.25, -0.2) is 0 Å². The summed E-state index contributed by atoms with van der Waals surface area (Å²) in [6.07, 6.45) is 1.82. The molecule has 2 heterocycles. The zero-order chi connectivity index (χ0) is 18.7. The summed E-state index contributed by atoms with van der Waals surface area (Å²) in [5, 5.41) is 17.7. The summed E-state index contributed by atoms with van der Waals surface area (Å²) >= 11 is 6.21. The largest absolute Gasteiger partial charge is 0.469 e. The van der Waals surface area contributed by atoms with E-state index < -0.39 is 11.5 Å². The van der Waals surface area contributed by atoms with E-state index in [4.69, 9.17) is 20.5 Å². The third-order valence-electron chi connectivity index (χ3n) is 3.98. The van der Waals surface area contributed by atoms with Gasteiger partial charge in [-0.05, 0) is 32.0 Å². The van der Waals surface area contributed by atoms with Gasteiger partial charge in [0.05, 0.1) is 16.9 Å². The quantitative estimate of drug-likeness (QED) is 0.688. The first-order chi connectivity index (χ1) is 12.4. The lowest BCUT2D eigenvalue weighted by molar-refractivity contribution is 0.0510. The van der Waals surface area contributed by atoms with Crippen LogP contribution in [0.2, 0.25) is 5.02 Å². The van der Waals surface area contributed by atoms with Crippen LogP contribution < -0.4 is 5.32 Å². The minimum atomic E-state index is -1.16. The Bertz CT molecular complexity index is 900. The van der Waals surface area contributed by atoms with Gasteiger partial charge in [0.2, 0.25) is 0 Å². The fourth-order valence-electron chi connectivity index (χ4n) is 2.69. The molecule has 0 bridgehead atoms. The molecule has 0 saturated carbocycles. The summed E-state index contributed by atoms with van der Waals surface area (Å²) in [7, 11) is 0. The molecule has 1 aromatic carbocycles. The highest BCUT2D eigenvalue weighted by Crippen LogP contribution is 2.31. The summed E-state index contributed by atoms with van der Waals surface area (Å²) < 4.78 is 10.4. The Morgan fingerprint density at radius 3 is 2.77 bits per heavy atom. The first-order valence-electron chi connectivity index (χ1n) is 8.11. The van der Waals surface area contributed by atoms with Crippen LogP contribution in [0.25, 0.3) is 11.3 Å². The molecule has 0 radical (unpaired) electrons. The smallest absolute Gasteiger partial charge is 0.257 e. The lowest BCUT2D eigenvalue weighted by atomic mass is 10.00. The number of benzene rings is 1. The number of nitrogens with zero attached hydrogens (tertiary/aromatic N) is 1. The summed E-state index contributed by atoms with van der Waals surface area (Å²) in [6.45, 7) is 3.33. The molecule has 0 fully saturated rings. The Morgan fingerprint density at radius 2 is 2.08 bits per heavy atom. The second kappa shape index (κ2) is 7.35. The second-order valence-corrected chi connectivity index (χ2v) is 6.79. The third-order valence-corrected chi connectivity index (χ3v) is 4.31. The normalized spacial score (nSPS) is 13.4. The number of halogens is 1. The van der Waals surface area contributed by atoms with Gasteiger partial charge >= 0.3 is 0 Å². The van der Waals surface area contributed by atoms with Crippen molar-refractivity contribution in [3.63, 3.8) is 0 Å². The molecule has 0 spiro atoms. The van der Waals surface area contributed by atoms with Crippen LogP contribution in [0.3, 0.4) is 0 Å². The van der Waals surface area contributed by atoms with Crippen LogP contribution in [0, 0.1) is 6.92 Å². The average Bonchev–Trinajstić information content (AvgIpc) is 3.22. The first kappa shape index (κ1) is 18.2. The lowest BCUT2D eigenvalue weighted by Crippen LogP contribution is -2.42. The van der Waals surface area contributed by atoms with E-state index in [1.165, 1.54) is 0 Å². The molecule has 1 amide bonds. The molecule has 3 rings (SSSR count). The summed E-state index contributed by atoms with van der Waals surface area (Å²) in [4.78, 5) is 12.7. The summed E-state index contributed by atoms with van der Waals surface area (Å²) in [5.74, 6) is 0.628. The van der Waals surface area contributed by atoms with Crippen molar-refractivity contribution in [2.24, 2.45) is 0 Å². The molecule has 7 heteroatoms. The van der Waals surface area contributed by atoms with E-state index in [-0.39, 0.29) is 13.0 Å². The number of aryl methyl sites for hydroxylation is 1. The van der Waals surface area contributed by atoms with E-state index in [1.54, 1.807) is 56.5 Å². The van der Waals surface area contributed by atoms with Gasteiger partial charge in [-0.3, -0.25) is 4.79 Å². The molecule has 2 aromatic heterocycles. The molecule has 136 valence electrons. The molecule has 6 nitrogen and oxygen atoms in total. The molecule has 1 atom stereocenters. The van der Waals surface area contributed by atoms with E-state index in [2.05, 4.69) is 10.5 Å². The molecule has 26 heavy (non-hydrogen) atoms. The van der Waals surface area contributed by atoms with Crippen LogP contribution in [0.4, 0.5) is 0 Å². The Labute approximate surface area is 155 Å². The number of hydrogen-bond donors (Lipinski definition) is 2. The number of aliphatic hydroxyl groups is 1. The number of aromatic nitrogens is 1. The van der Waals surface area contributed by atoms with E-state index in [1.807, 2.05) is 0 Å². The zero-order valence-corrected chi connectivity index (χ0v) is 15.2. The van der Waals surface area contributed by atoms with E-state index in [0.29, 0.717) is 33.4 Å². The second-order valence-electron chi connectivity index (χ2n) is 6.38. The van der Waals surface area contributed by atoms with Crippen LogP contribution in [-0.4, -0.2) is 28.3 Å². The van der Waals surface area contributed by atoms with Crippen LogP contribution in [0.1, 0.15) is 28.8 Å². The van der Waals surface area contributed by atoms with Crippen LogP contribution in [-0.2, 0) is 6.42 Å². The molecular weight excluding hydrogens is 356 g/mol. The number of carbonyl (C=O) groups is 1. The average molecular weight is 375 g/mol. The molecule has 0 aliphatic rings. The molecular formula is C19H19ClN2O4. The van der Waals surface area contributed by atoms with Crippen molar-refractivity contribution >= 4 is 17.5 Å². The van der Waals surface area contributed by atoms with Crippen molar-refractivity contribution in [1.29, 1.82) is 0 Å². The lowest BCUT2D eigenvalue weighted by Gasteiger charge is -2.22. The molecule has 0 saturated heterocycles. The number of rotatable bonds is 6. The van der Waals surface area contributed by atoms with Crippen molar-refractivity contribution in [2.45, 2.75) is 25.9 Å². The topological polar surface area (TPSA) is 88.5 Å². The van der Waals surface area contributed by atoms with E-state index >= 15 is 0 Å². The fraction of sp³-hybridized carbons (Fsp3) is 0.263. The molecule has 0 aliphatic heterocycles. The number of amides is 1. The van der Waals surface area contributed by atoms with E-state index in [9.17, 15) is 9.90 Å². The van der Waals surface area contributed by atoms with Crippen molar-refractivity contribution < 1.29 is 18.8 Å². The zero-order valence-electron chi connectivity index (χ0n) is 14.5. The van der Waals surface area contributed by atoms with Gasteiger partial charge in [-0.15, -0.1) is 0 Å². The van der Waals surface area contributed by atoms with E-state index in [0.717, 1.165) is 0 Å². The van der Waals surface area contributed by atoms with Gasteiger partial charge in [0.15, 0.2) is 0 Å². The highest BCUT2D eigenvalue weighted by molar-refractivity contribution is 6.33. The minimum Gasteiger partial charge on any atom is -0.469 e. The van der Waals surface area contributed by atoms with Crippen LogP contribution in [0.15, 0.2) is 51.6 Å². The predicted molar refractivity (Wildman–Crippen MR) is 97.1 cm³/mol. The maximum atomic E-state index is 12.7.